The molecule has 1 amide bonds. The Morgan fingerprint density at radius 3 is 2.50 bits per heavy atom. The minimum atomic E-state index is -0.960. The SMILES string of the molecule is O=C(O)[C@H]1Cc2ccccc2CN1C(=O)C[C@H]1OCCc2ccccc21. The minimum Gasteiger partial charge on any atom is -0.480 e. The number of amides is 1. The second-order valence-electron chi connectivity index (χ2n) is 6.86. The Labute approximate surface area is 152 Å². The number of rotatable bonds is 3. The van der Waals surface area contributed by atoms with Crippen molar-refractivity contribution >= 4 is 11.9 Å². The average Bonchev–Trinajstić information content (AvgIpc) is 2.67. The number of carbonyl (C=O) groups is 2. The first-order valence-electron chi connectivity index (χ1n) is 8.92. The summed E-state index contributed by atoms with van der Waals surface area (Å²) in [7, 11) is 0. The van der Waals surface area contributed by atoms with Gasteiger partial charge in [-0.2, -0.15) is 0 Å². The molecule has 5 heteroatoms. The third-order valence-electron chi connectivity index (χ3n) is 5.31. The number of nitrogens with zero attached hydrogens (tertiary/aromatic N) is 1. The molecule has 0 bridgehead atoms. The van der Waals surface area contributed by atoms with Crippen LogP contribution >= 0.6 is 0 Å². The Balaban J connectivity index is 1.57. The third-order valence-corrected chi connectivity index (χ3v) is 5.31. The first kappa shape index (κ1) is 16.8. The molecular formula is C21H21NO4. The lowest BCUT2D eigenvalue weighted by atomic mass is 9.92. The van der Waals surface area contributed by atoms with Gasteiger partial charge < -0.3 is 14.7 Å². The van der Waals surface area contributed by atoms with Crippen LogP contribution in [0, 0.1) is 0 Å². The number of ether oxygens (including phenoxy) is 1. The Morgan fingerprint density at radius 1 is 1.04 bits per heavy atom. The second-order valence-corrected chi connectivity index (χ2v) is 6.86. The molecule has 2 aromatic rings. The highest BCUT2D eigenvalue weighted by Crippen LogP contribution is 2.32. The smallest absolute Gasteiger partial charge is 0.326 e. The topological polar surface area (TPSA) is 66.8 Å². The van der Waals surface area contributed by atoms with Crippen molar-refractivity contribution in [3.8, 4) is 0 Å². The zero-order valence-electron chi connectivity index (χ0n) is 14.4. The van der Waals surface area contributed by atoms with Crippen molar-refractivity contribution in [2.45, 2.75) is 38.0 Å². The molecule has 0 fully saturated rings. The minimum absolute atomic E-state index is 0.170. The summed E-state index contributed by atoms with van der Waals surface area (Å²) in [5, 5.41) is 9.62. The van der Waals surface area contributed by atoms with Gasteiger partial charge in [-0.25, -0.2) is 4.79 Å². The molecular weight excluding hydrogens is 330 g/mol. The predicted molar refractivity (Wildman–Crippen MR) is 95.6 cm³/mol. The molecule has 0 spiro atoms. The van der Waals surface area contributed by atoms with Crippen LogP contribution < -0.4 is 0 Å². The standard InChI is InChI=1S/C21H21NO4/c23-20(12-19-17-8-4-3-5-14(17)9-10-26-19)22-13-16-7-2-1-6-15(16)11-18(22)21(24)25/h1-8,18-19H,9-13H2,(H,24,25)/t18-,19-/m1/s1. The third kappa shape index (κ3) is 3.10. The molecule has 1 N–H and O–H groups in total. The quantitative estimate of drug-likeness (QED) is 0.923. The number of carbonyl (C=O) groups excluding carboxylic acids is 1. The Morgan fingerprint density at radius 2 is 1.73 bits per heavy atom. The fourth-order valence-electron chi connectivity index (χ4n) is 3.93. The molecule has 0 aromatic heterocycles. The van der Waals surface area contributed by atoms with Crippen molar-refractivity contribution in [1.29, 1.82) is 0 Å². The second kappa shape index (κ2) is 6.92. The number of aliphatic carboxylic acids is 1. The molecule has 2 atom stereocenters. The zero-order valence-corrected chi connectivity index (χ0v) is 14.4. The number of fused-ring (bicyclic) bond motifs is 2. The molecule has 26 heavy (non-hydrogen) atoms. The van der Waals surface area contributed by atoms with Gasteiger partial charge in [-0.05, 0) is 28.7 Å². The summed E-state index contributed by atoms with van der Waals surface area (Å²) in [6.07, 6.45) is 1.05. The van der Waals surface area contributed by atoms with Gasteiger partial charge in [0, 0.05) is 13.0 Å². The van der Waals surface area contributed by atoms with Crippen molar-refractivity contribution in [3.63, 3.8) is 0 Å². The van der Waals surface area contributed by atoms with Gasteiger partial charge in [0.25, 0.3) is 0 Å². The van der Waals surface area contributed by atoms with E-state index in [1.54, 1.807) is 0 Å². The van der Waals surface area contributed by atoms with E-state index in [1.807, 2.05) is 42.5 Å². The summed E-state index contributed by atoms with van der Waals surface area (Å²) in [5.41, 5.74) is 4.26. The highest BCUT2D eigenvalue weighted by molar-refractivity contribution is 5.85. The molecule has 2 aliphatic rings. The lowest BCUT2D eigenvalue weighted by molar-refractivity contribution is -0.152. The van der Waals surface area contributed by atoms with Crippen molar-refractivity contribution < 1.29 is 19.4 Å². The van der Waals surface area contributed by atoms with Gasteiger partial charge in [-0.1, -0.05) is 48.5 Å². The van der Waals surface area contributed by atoms with Crippen LogP contribution in [-0.4, -0.2) is 34.5 Å². The van der Waals surface area contributed by atoms with Crippen LogP contribution in [0.4, 0.5) is 0 Å². The average molecular weight is 351 g/mol. The predicted octanol–water partition coefficient (Wildman–Crippen LogP) is 2.73. The Kier molecular flexibility index (Phi) is 4.47. The number of hydrogen-bond acceptors (Lipinski definition) is 3. The summed E-state index contributed by atoms with van der Waals surface area (Å²) >= 11 is 0. The van der Waals surface area contributed by atoms with E-state index in [0.29, 0.717) is 19.6 Å². The van der Waals surface area contributed by atoms with Gasteiger partial charge in [0.2, 0.25) is 5.91 Å². The van der Waals surface area contributed by atoms with Gasteiger partial charge in [0.15, 0.2) is 0 Å². The van der Waals surface area contributed by atoms with Gasteiger partial charge >= 0.3 is 5.97 Å². The molecule has 5 nitrogen and oxygen atoms in total. The molecule has 2 aromatic carbocycles. The highest BCUT2D eigenvalue weighted by Gasteiger charge is 2.36. The van der Waals surface area contributed by atoms with Crippen molar-refractivity contribution in [3.05, 3.63) is 70.8 Å². The zero-order chi connectivity index (χ0) is 18.1. The molecule has 4 rings (SSSR count). The Bertz CT molecular complexity index is 847. The van der Waals surface area contributed by atoms with Crippen molar-refractivity contribution in [2.75, 3.05) is 6.61 Å². The first-order valence-corrected chi connectivity index (χ1v) is 8.92. The highest BCUT2D eigenvalue weighted by atomic mass is 16.5. The van der Waals surface area contributed by atoms with E-state index >= 15 is 0 Å². The van der Waals surface area contributed by atoms with Crippen molar-refractivity contribution in [2.24, 2.45) is 0 Å². The summed E-state index contributed by atoms with van der Waals surface area (Å²) in [6, 6.07) is 14.9. The number of benzene rings is 2. The van der Waals surface area contributed by atoms with E-state index in [9.17, 15) is 14.7 Å². The van der Waals surface area contributed by atoms with E-state index in [1.165, 1.54) is 10.5 Å². The van der Waals surface area contributed by atoms with Crippen LogP contribution in [0.15, 0.2) is 48.5 Å². The fraction of sp³-hybridized carbons (Fsp3) is 0.333. The van der Waals surface area contributed by atoms with Crippen LogP contribution in [0.1, 0.15) is 34.8 Å². The summed E-state index contributed by atoms with van der Waals surface area (Å²) in [4.78, 5) is 26.2. The maximum Gasteiger partial charge on any atom is 0.326 e. The van der Waals surface area contributed by atoms with E-state index < -0.39 is 12.0 Å². The monoisotopic (exact) mass is 351 g/mol. The Hall–Kier alpha value is -2.66. The first-order chi connectivity index (χ1) is 12.6. The van der Waals surface area contributed by atoms with Crippen molar-refractivity contribution in [1.82, 2.24) is 4.90 Å². The van der Waals surface area contributed by atoms with Crippen LogP contribution in [0.3, 0.4) is 0 Å². The molecule has 0 radical (unpaired) electrons. The summed E-state index contributed by atoms with van der Waals surface area (Å²) in [6.45, 7) is 0.917. The summed E-state index contributed by atoms with van der Waals surface area (Å²) in [5.74, 6) is -1.13. The van der Waals surface area contributed by atoms with Crippen LogP contribution in [0.25, 0.3) is 0 Å². The molecule has 0 unspecified atom stereocenters. The van der Waals surface area contributed by atoms with Gasteiger partial charge in [-0.3, -0.25) is 4.79 Å². The van der Waals surface area contributed by atoms with E-state index in [4.69, 9.17) is 4.74 Å². The number of carboxylic acid groups (broad SMARTS) is 1. The number of carboxylic acids is 1. The maximum absolute atomic E-state index is 13.0. The summed E-state index contributed by atoms with van der Waals surface area (Å²) < 4.78 is 5.84. The largest absolute Gasteiger partial charge is 0.480 e. The maximum atomic E-state index is 13.0. The van der Waals surface area contributed by atoms with E-state index in [-0.39, 0.29) is 18.4 Å². The molecule has 2 aliphatic heterocycles. The lowest BCUT2D eigenvalue weighted by Crippen LogP contribution is -2.49. The molecule has 0 saturated heterocycles. The molecule has 0 aliphatic carbocycles. The van der Waals surface area contributed by atoms with Gasteiger partial charge in [0.1, 0.15) is 6.04 Å². The number of hydrogen-bond donors (Lipinski definition) is 1. The molecule has 134 valence electrons. The van der Waals surface area contributed by atoms with Crippen LogP contribution in [0.2, 0.25) is 0 Å². The molecule has 2 heterocycles. The van der Waals surface area contributed by atoms with E-state index in [0.717, 1.165) is 23.1 Å². The fourth-order valence-corrected chi connectivity index (χ4v) is 3.93. The lowest BCUT2D eigenvalue weighted by Gasteiger charge is -2.36. The van der Waals surface area contributed by atoms with Crippen LogP contribution in [0.5, 0.6) is 0 Å². The van der Waals surface area contributed by atoms with E-state index in [2.05, 4.69) is 6.07 Å². The van der Waals surface area contributed by atoms with Gasteiger partial charge in [0.05, 0.1) is 19.1 Å². The van der Waals surface area contributed by atoms with Gasteiger partial charge in [-0.15, -0.1) is 0 Å². The normalized spacial score (nSPS) is 21.6. The van der Waals surface area contributed by atoms with Crippen LogP contribution in [-0.2, 0) is 33.7 Å². The molecule has 0 saturated carbocycles.